The topological polar surface area (TPSA) is 83.5 Å². The van der Waals surface area contributed by atoms with Gasteiger partial charge in [-0.25, -0.2) is 13.1 Å². The minimum absolute atomic E-state index is 0.0548. The largest absolute Gasteiger partial charge is 0.481 e. The lowest BCUT2D eigenvalue weighted by Crippen LogP contribution is -2.47. The van der Waals surface area contributed by atoms with Gasteiger partial charge in [0.25, 0.3) is 0 Å². The number of hydrogen-bond acceptors (Lipinski definition) is 3. The van der Waals surface area contributed by atoms with Crippen LogP contribution in [0.3, 0.4) is 0 Å². The first-order chi connectivity index (χ1) is 8.86. The fourth-order valence-corrected chi connectivity index (χ4v) is 3.39. The number of nitrogens with one attached hydrogen (secondary N) is 1. The van der Waals surface area contributed by atoms with Crippen LogP contribution < -0.4 is 4.72 Å². The van der Waals surface area contributed by atoms with E-state index in [1.807, 2.05) is 0 Å². The molecule has 1 aliphatic carbocycles. The van der Waals surface area contributed by atoms with Gasteiger partial charge in [-0.2, -0.15) is 0 Å². The quantitative estimate of drug-likeness (QED) is 0.852. The third-order valence-electron chi connectivity index (χ3n) is 3.49. The van der Waals surface area contributed by atoms with Crippen LogP contribution in [0.15, 0.2) is 33.6 Å². The summed E-state index contributed by atoms with van der Waals surface area (Å²) in [5, 5.41) is 9.15. The summed E-state index contributed by atoms with van der Waals surface area (Å²) in [4.78, 5) is 11.3. The van der Waals surface area contributed by atoms with Crippen LogP contribution in [0.2, 0.25) is 0 Å². The number of halogens is 1. The number of carbonyl (C=O) groups is 1. The molecule has 7 heteroatoms. The van der Waals surface area contributed by atoms with E-state index in [9.17, 15) is 13.2 Å². The van der Waals surface area contributed by atoms with Crippen molar-refractivity contribution >= 4 is 31.9 Å². The molecule has 1 aliphatic rings. The molecule has 1 fully saturated rings. The molecular weight excluding hydrogens is 334 g/mol. The first-order valence-electron chi connectivity index (χ1n) is 5.84. The molecule has 19 heavy (non-hydrogen) atoms. The lowest BCUT2D eigenvalue weighted by atomic mass is 9.69. The zero-order valence-corrected chi connectivity index (χ0v) is 12.5. The Labute approximate surface area is 120 Å². The number of benzene rings is 1. The lowest BCUT2D eigenvalue weighted by Gasteiger charge is -2.37. The summed E-state index contributed by atoms with van der Waals surface area (Å²) in [6, 6.07) is 6.21. The Balaban J connectivity index is 2.10. The van der Waals surface area contributed by atoms with Gasteiger partial charge in [-0.05, 0) is 37.1 Å². The van der Waals surface area contributed by atoms with E-state index >= 15 is 0 Å². The van der Waals surface area contributed by atoms with Gasteiger partial charge in [-0.15, -0.1) is 0 Å². The standard InChI is InChI=1S/C12H14BrNO4S/c13-9-2-4-10(5-3-9)19(17,18)14-8-12(11(15)16)6-1-7-12/h2-5,14H,1,6-8H2,(H,15,16). The van der Waals surface area contributed by atoms with Gasteiger partial charge >= 0.3 is 5.97 Å². The van der Waals surface area contributed by atoms with E-state index in [0.717, 1.165) is 10.9 Å². The predicted molar refractivity (Wildman–Crippen MR) is 73.3 cm³/mol. The fraction of sp³-hybridized carbons (Fsp3) is 0.417. The van der Waals surface area contributed by atoms with E-state index in [1.54, 1.807) is 12.1 Å². The van der Waals surface area contributed by atoms with Crippen molar-refractivity contribution < 1.29 is 18.3 Å². The van der Waals surface area contributed by atoms with E-state index < -0.39 is 21.4 Å². The average Bonchev–Trinajstić information content (AvgIpc) is 2.27. The van der Waals surface area contributed by atoms with Gasteiger partial charge in [0, 0.05) is 11.0 Å². The second kappa shape index (κ2) is 5.22. The van der Waals surface area contributed by atoms with Crippen molar-refractivity contribution in [3.63, 3.8) is 0 Å². The number of aliphatic carboxylic acids is 1. The molecule has 0 spiro atoms. The summed E-state index contributed by atoms with van der Waals surface area (Å²) in [5.74, 6) is -0.933. The van der Waals surface area contributed by atoms with Gasteiger partial charge in [0.2, 0.25) is 10.0 Å². The molecule has 0 heterocycles. The molecule has 0 amide bonds. The minimum atomic E-state index is -3.65. The van der Waals surface area contributed by atoms with Crippen LogP contribution in [0, 0.1) is 5.41 Å². The molecule has 0 aliphatic heterocycles. The minimum Gasteiger partial charge on any atom is -0.481 e. The summed E-state index contributed by atoms with van der Waals surface area (Å²) in [6.45, 7) is -0.0548. The van der Waals surface area contributed by atoms with Crippen molar-refractivity contribution in [2.24, 2.45) is 5.41 Å². The molecule has 1 saturated carbocycles. The van der Waals surface area contributed by atoms with Gasteiger partial charge in [0.1, 0.15) is 0 Å². The van der Waals surface area contributed by atoms with Crippen molar-refractivity contribution in [1.29, 1.82) is 0 Å². The Morgan fingerprint density at radius 2 is 1.89 bits per heavy atom. The summed E-state index contributed by atoms with van der Waals surface area (Å²) >= 11 is 3.23. The first-order valence-corrected chi connectivity index (χ1v) is 8.12. The highest BCUT2D eigenvalue weighted by atomic mass is 79.9. The number of carboxylic acid groups (broad SMARTS) is 1. The summed E-state index contributed by atoms with van der Waals surface area (Å²) < 4.78 is 27.2. The van der Waals surface area contributed by atoms with E-state index in [-0.39, 0.29) is 11.4 Å². The molecule has 0 saturated heterocycles. The van der Waals surface area contributed by atoms with Crippen LogP contribution in [-0.2, 0) is 14.8 Å². The molecule has 0 unspecified atom stereocenters. The molecule has 1 aromatic rings. The highest BCUT2D eigenvalue weighted by Crippen LogP contribution is 2.40. The molecule has 0 radical (unpaired) electrons. The van der Waals surface area contributed by atoms with Gasteiger partial charge in [-0.1, -0.05) is 22.4 Å². The molecule has 1 aromatic carbocycles. The average molecular weight is 348 g/mol. The summed E-state index contributed by atoms with van der Waals surface area (Å²) in [7, 11) is -3.65. The fourth-order valence-electron chi connectivity index (χ4n) is 2.00. The second-order valence-electron chi connectivity index (χ2n) is 4.72. The van der Waals surface area contributed by atoms with Gasteiger partial charge in [0.05, 0.1) is 10.3 Å². The molecule has 2 N–H and O–H groups in total. The summed E-state index contributed by atoms with van der Waals surface area (Å²) in [6.07, 6.45) is 1.86. The highest BCUT2D eigenvalue weighted by Gasteiger charge is 2.44. The van der Waals surface area contributed by atoms with Crippen molar-refractivity contribution in [3.8, 4) is 0 Å². The monoisotopic (exact) mass is 347 g/mol. The second-order valence-corrected chi connectivity index (χ2v) is 7.40. The molecule has 2 rings (SSSR count). The Bertz CT molecular complexity index is 578. The Morgan fingerprint density at radius 1 is 1.32 bits per heavy atom. The third-order valence-corrected chi connectivity index (χ3v) is 5.43. The van der Waals surface area contributed by atoms with E-state index in [2.05, 4.69) is 20.7 Å². The number of hydrogen-bond donors (Lipinski definition) is 2. The molecule has 5 nitrogen and oxygen atoms in total. The van der Waals surface area contributed by atoms with Crippen LogP contribution in [0.25, 0.3) is 0 Å². The van der Waals surface area contributed by atoms with Crippen molar-refractivity contribution in [2.75, 3.05) is 6.54 Å². The molecule has 0 atom stereocenters. The smallest absolute Gasteiger partial charge is 0.310 e. The highest BCUT2D eigenvalue weighted by molar-refractivity contribution is 9.10. The van der Waals surface area contributed by atoms with Crippen LogP contribution in [0.4, 0.5) is 0 Å². The van der Waals surface area contributed by atoms with E-state index in [4.69, 9.17) is 5.11 Å². The van der Waals surface area contributed by atoms with Gasteiger partial charge in [-0.3, -0.25) is 4.79 Å². The van der Waals surface area contributed by atoms with Crippen LogP contribution in [0.1, 0.15) is 19.3 Å². The van der Waals surface area contributed by atoms with Crippen molar-refractivity contribution in [3.05, 3.63) is 28.7 Å². The SMILES string of the molecule is O=C(O)C1(CNS(=O)(=O)c2ccc(Br)cc2)CCC1. The zero-order chi connectivity index (χ0) is 14.1. The maximum absolute atomic E-state index is 12.0. The van der Waals surface area contributed by atoms with E-state index in [1.165, 1.54) is 12.1 Å². The van der Waals surface area contributed by atoms with Crippen LogP contribution in [-0.4, -0.2) is 26.0 Å². The van der Waals surface area contributed by atoms with E-state index in [0.29, 0.717) is 12.8 Å². The lowest BCUT2D eigenvalue weighted by molar-refractivity contribution is -0.153. The Morgan fingerprint density at radius 3 is 2.32 bits per heavy atom. The zero-order valence-electron chi connectivity index (χ0n) is 10.1. The van der Waals surface area contributed by atoms with Crippen LogP contribution >= 0.6 is 15.9 Å². The molecule has 104 valence electrons. The normalized spacial score (nSPS) is 17.7. The molecule has 0 aromatic heterocycles. The number of rotatable bonds is 5. The third kappa shape index (κ3) is 2.98. The summed E-state index contributed by atoms with van der Waals surface area (Å²) in [5.41, 5.74) is -0.928. The Hall–Kier alpha value is -0.920. The molecule has 0 bridgehead atoms. The van der Waals surface area contributed by atoms with Gasteiger partial charge < -0.3 is 5.11 Å². The molecular formula is C12H14BrNO4S. The maximum atomic E-state index is 12.0. The number of sulfonamides is 1. The maximum Gasteiger partial charge on any atom is 0.310 e. The van der Waals surface area contributed by atoms with Gasteiger partial charge in [0.15, 0.2) is 0 Å². The van der Waals surface area contributed by atoms with Crippen molar-refractivity contribution in [1.82, 2.24) is 4.72 Å². The predicted octanol–water partition coefficient (Wildman–Crippen LogP) is 1.98. The Kier molecular flexibility index (Phi) is 3.98. The van der Waals surface area contributed by atoms with Crippen molar-refractivity contribution in [2.45, 2.75) is 24.2 Å². The number of carboxylic acids is 1. The van der Waals surface area contributed by atoms with Crippen LogP contribution in [0.5, 0.6) is 0 Å². The first kappa shape index (κ1) is 14.5.